The zero-order chi connectivity index (χ0) is 18.0. The molecule has 2 aliphatic rings. The first-order valence-electron chi connectivity index (χ1n) is 8.53. The number of nitrogens with two attached hydrogens (primary N) is 1. The van der Waals surface area contributed by atoms with Crippen LogP contribution >= 0.6 is 0 Å². The van der Waals surface area contributed by atoms with Crippen molar-refractivity contribution in [2.45, 2.75) is 26.2 Å². The van der Waals surface area contributed by atoms with Crippen LogP contribution in [0.25, 0.3) is 0 Å². The van der Waals surface area contributed by atoms with Gasteiger partial charge >= 0.3 is 6.03 Å². The summed E-state index contributed by atoms with van der Waals surface area (Å²) >= 11 is 0. The molecule has 0 bridgehead atoms. The van der Waals surface area contributed by atoms with Crippen LogP contribution in [-0.2, 0) is 11.2 Å². The standard InChI is InChI=1S/C18H25N3O4/c1-18(9-13-4-5-14-15(8-13)25-12-24-14)6-3-7-21(11-18)16(22)10-20(2)17(19)23/h4-5,8H,3,6-7,9-12H2,1-2H3,(H2,19,23)/t18-/m1/s1. The topological polar surface area (TPSA) is 85.1 Å². The summed E-state index contributed by atoms with van der Waals surface area (Å²) in [7, 11) is 1.54. The third kappa shape index (κ3) is 3.97. The zero-order valence-electron chi connectivity index (χ0n) is 14.8. The van der Waals surface area contributed by atoms with Crippen molar-refractivity contribution in [3.05, 3.63) is 23.8 Å². The number of rotatable bonds is 4. The summed E-state index contributed by atoms with van der Waals surface area (Å²) in [6.45, 7) is 3.89. The van der Waals surface area contributed by atoms with Crippen molar-refractivity contribution < 1.29 is 19.1 Å². The highest BCUT2D eigenvalue weighted by Crippen LogP contribution is 2.37. The molecule has 0 unspecified atom stereocenters. The lowest BCUT2D eigenvalue weighted by Gasteiger charge is -2.41. The molecule has 7 heteroatoms. The maximum atomic E-state index is 12.4. The molecule has 25 heavy (non-hydrogen) atoms. The van der Waals surface area contributed by atoms with Crippen molar-refractivity contribution in [3.63, 3.8) is 0 Å². The van der Waals surface area contributed by atoms with Gasteiger partial charge in [-0.15, -0.1) is 0 Å². The number of likely N-dealkylation sites (tertiary alicyclic amines) is 1. The van der Waals surface area contributed by atoms with Crippen molar-refractivity contribution in [2.75, 3.05) is 33.5 Å². The number of carbonyl (C=O) groups is 2. The van der Waals surface area contributed by atoms with Gasteiger partial charge in [0, 0.05) is 20.1 Å². The van der Waals surface area contributed by atoms with Gasteiger partial charge in [0.2, 0.25) is 12.7 Å². The monoisotopic (exact) mass is 347 g/mol. The molecule has 0 saturated carbocycles. The van der Waals surface area contributed by atoms with E-state index in [0.717, 1.165) is 37.3 Å². The highest BCUT2D eigenvalue weighted by molar-refractivity contribution is 5.83. The van der Waals surface area contributed by atoms with Crippen LogP contribution in [0, 0.1) is 5.41 Å². The van der Waals surface area contributed by atoms with E-state index in [9.17, 15) is 9.59 Å². The Labute approximate surface area is 147 Å². The largest absolute Gasteiger partial charge is 0.454 e. The summed E-state index contributed by atoms with van der Waals surface area (Å²) < 4.78 is 10.8. The molecule has 2 N–H and O–H groups in total. The highest BCUT2D eigenvalue weighted by Gasteiger charge is 2.34. The van der Waals surface area contributed by atoms with Gasteiger partial charge in [-0.2, -0.15) is 0 Å². The van der Waals surface area contributed by atoms with E-state index in [2.05, 4.69) is 13.0 Å². The molecule has 1 aromatic carbocycles. The number of fused-ring (bicyclic) bond motifs is 1. The molecule has 0 aromatic heterocycles. The Morgan fingerprint density at radius 3 is 2.84 bits per heavy atom. The Bertz CT molecular complexity index is 678. The van der Waals surface area contributed by atoms with Gasteiger partial charge in [0.1, 0.15) is 6.54 Å². The number of hydrogen-bond donors (Lipinski definition) is 1. The lowest BCUT2D eigenvalue weighted by molar-refractivity contribution is -0.134. The lowest BCUT2D eigenvalue weighted by atomic mass is 9.77. The Kier molecular flexibility index (Phi) is 4.74. The first kappa shape index (κ1) is 17.4. The van der Waals surface area contributed by atoms with Crippen LogP contribution in [-0.4, -0.2) is 55.2 Å². The van der Waals surface area contributed by atoms with Crippen molar-refractivity contribution in [3.8, 4) is 11.5 Å². The Balaban J connectivity index is 1.65. The van der Waals surface area contributed by atoms with Crippen LogP contribution in [0.2, 0.25) is 0 Å². The molecule has 1 aromatic rings. The average molecular weight is 347 g/mol. The van der Waals surface area contributed by atoms with Crippen molar-refractivity contribution in [2.24, 2.45) is 11.1 Å². The molecule has 136 valence electrons. The molecule has 2 aliphatic heterocycles. The predicted octanol–water partition coefficient (Wildman–Crippen LogP) is 1.60. The highest BCUT2D eigenvalue weighted by atomic mass is 16.7. The quantitative estimate of drug-likeness (QED) is 0.896. The number of ether oxygens (including phenoxy) is 2. The van der Waals surface area contributed by atoms with Crippen LogP contribution in [0.3, 0.4) is 0 Å². The van der Waals surface area contributed by atoms with Gasteiger partial charge in [-0.05, 0) is 42.4 Å². The Morgan fingerprint density at radius 1 is 1.32 bits per heavy atom. The number of primary amides is 1. The minimum Gasteiger partial charge on any atom is -0.454 e. The van der Waals surface area contributed by atoms with Gasteiger partial charge in [0.05, 0.1) is 0 Å². The number of benzene rings is 1. The fraction of sp³-hybridized carbons (Fsp3) is 0.556. The fourth-order valence-electron chi connectivity index (χ4n) is 3.60. The summed E-state index contributed by atoms with van der Waals surface area (Å²) in [4.78, 5) is 26.7. The first-order chi connectivity index (χ1) is 11.9. The Hall–Kier alpha value is -2.44. The molecule has 0 aliphatic carbocycles. The van der Waals surface area contributed by atoms with E-state index in [1.165, 1.54) is 17.5 Å². The van der Waals surface area contributed by atoms with Crippen LogP contribution < -0.4 is 15.2 Å². The molecular formula is C18H25N3O4. The second-order valence-corrected chi connectivity index (χ2v) is 7.29. The second-order valence-electron chi connectivity index (χ2n) is 7.29. The number of amides is 3. The normalized spacial score (nSPS) is 21.9. The number of piperidine rings is 1. The average Bonchev–Trinajstić information content (AvgIpc) is 3.01. The Morgan fingerprint density at radius 2 is 2.08 bits per heavy atom. The number of nitrogens with zero attached hydrogens (tertiary/aromatic N) is 2. The molecule has 7 nitrogen and oxygen atoms in total. The molecule has 1 atom stereocenters. The number of likely N-dealkylation sites (N-methyl/N-ethyl adjacent to an activating group) is 1. The maximum Gasteiger partial charge on any atom is 0.314 e. The van der Waals surface area contributed by atoms with Gasteiger partial charge in [-0.3, -0.25) is 4.79 Å². The van der Waals surface area contributed by atoms with E-state index in [0.29, 0.717) is 6.54 Å². The third-order valence-electron chi connectivity index (χ3n) is 4.95. The molecule has 3 amide bonds. The summed E-state index contributed by atoms with van der Waals surface area (Å²) in [6, 6.07) is 5.43. The van der Waals surface area contributed by atoms with E-state index in [-0.39, 0.29) is 24.7 Å². The predicted molar refractivity (Wildman–Crippen MR) is 92.4 cm³/mol. The van der Waals surface area contributed by atoms with Crippen molar-refractivity contribution >= 4 is 11.9 Å². The molecule has 0 radical (unpaired) electrons. The number of urea groups is 1. The number of carbonyl (C=O) groups excluding carboxylic acids is 2. The van der Waals surface area contributed by atoms with Gasteiger partial charge in [-0.1, -0.05) is 13.0 Å². The smallest absolute Gasteiger partial charge is 0.314 e. The molecular weight excluding hydrogens is 322 g/mol. The summed E-state index contributed by atoms with van der Waals surface area (Å²) in [6.07, 6.45) is 2.86. The first-order valence-corrected chi connectivity index (χ1v) is 8.53. The van der Waals surface area contributed by atoms with Crippen LogP contribution in [0.1, 0.15) is 25.3 Å². The van der Waals surface area contributed by atoms with Gasteiger partial charge in [0.15, 0.2) is 11.5 Å². The van der Waals surface area contributed by atoms with Gasteiger partial charge in [0.25, 0.3) is 0 Å². The zero-order valence-corrected chi connectivity index (χ0v) is 14.8. The van der Waals surface area contributed by atoms with E-state index in [4.69, 9.17) is 15.2 Å². The van der Waals surface area contributed by atoms with Gasteiger partial charge < -0.3 is 25.0 Å². The second kappa shape index (κ2) is 6.82. The van der Waals surface area contributed by atoms with Crippen molar-refractivity contribution in [1.29, 1.82) is 0 Å². The van der Waals surface area contributed by atoms with E-state index < -0.39 is 6.03 Å². The van der Waals surface area contributed by atoms with Crippen molar-refractivity contribution in [1.82, 2.24) is 9.80 Å². The third-order valence-corrected chi connectivity index (χ3v) is 4.95. The van der Waals surface area contributed by atoms with Crippen LogP contribution in [0.4, 0.5) is 4.79 Å². The van der Waals surface area contributed by atoms with E-state index in [1.54, 1.807) is 0 Å². The van der Waals surface area contributed by atoms with Crippen LogP contribution in [0.5, 0.6) is 11.5 Å². The summed E-state index contributed by atoms with van der Waals surface area (Å²) in [5.74, 6) is 1.51. The number of hydrogen-bond acceptors (Lipinski definition) is 4. The fourth-order valence-corrected chi connectivity index (χ4v) is 3.60. The molecule has 3 rings (SSSR count). The molecule has 1 fully saturated rings. The van der Waals surface area contributed by atoms with Crippen LogP contribution in [0.15, 0.2) is 18.2 Å². The maximum absolute atomic E-state index is 12.4. The summed E-state index contributed by atoms with van der Waals surface area (Å²) in [5.41, 5.74) is 6.38. The minimum absolute atomic E-state index is 0.00704. The minimum atomic E-state index is -0.589. The summed E-state index contributed by atoms with van der Waals surface area (Å²) in [5, 5.41) is 0. The van der Waals surface area contributed by atoms with E-state index in [1.807, 2.05) is 17.0 Å². The molecule has 1 saturated heterocycles. The van der Waals surface area contributed by atoms with Gasteiger partial charge in [-0.25, -0.2) is 4.79 Å². The lowest BCUT2D eigenvalue weighted by Crippen LogP contribution is -2.49. The molecule has 2 heterocycles. The molecule has 0 spiro atoms. The SMILES string of the molecule is CN(CC(=O)N1CCC[C@](C)(Cc2ccc3c(c2)OCO3)C1)C(N)=O. The van der Waals surface area contributed by atoms with E-state index >= 15 is 0 Å².